The van der Waals surface area contributed by atoms with Crippen molar-refractivity contribution in [2.75, 3.05) is 33.4 Å². The summed E-state index contributed by atoms with van der Waals surface area (Å²) < 4.78 is 62.7. The Morgan fingerprint density at radius 1 is 1.04 bits per heavy atom. The Kier molecular flexibility index (Phi) is 10.5. The molecular formula is C34H35ClF3N3O7. The number of likely N-dealkylation sites (tertiary alicyclic amines) is 1. The highest BCUT2D eigenvalue weighted by atomic mass is 35.5. The van der Waals surface area contributed by atoms with Crippen LogP contribution in [0, 0.1) is 10.1 Å². The number of carbonyl (C=O) groups excluding carboxylic acids is 1. The Morgan fingerprint density at radius 2 is 1.73 bits per heavy atom. The van der Waals surface area contributed by atoms with Crippen molar-refractivity contribution in [3.63, 3.8) is 0 Å². The van der Waals surface area contributed by atoms with Gasteiger partial charge in [0.2, 0.25) is 5.60 Å². The zero-order valence-corrected chi connectivity index (χ0v) is 27.1. The number of ether oxygens (including phenoxy) is 3. The second-order valence-electron chi connectivity index (χ2n) is 11.7. The lowest BCUT2D eigenvalue weighted by Gasteiger charge is -2.39. The number of piperidine rings is 1. The summed E-state index contributed by atoms with van der Waals surface area (Å²) in [4.78, 5) is 24.3. The van der Waals surface area contributed by atoms with Crippen LogP contribution in [-0.2, 0) is 28.1 Å². The molecule has 0 radical (unpaired) electrons. The van der Waals surface area contributed by atoms with Gasteiger partial charge in [-0.25, -0.2) is 0 Å². The van der Waals surface area contributed by atoms with Crippen molar-refractivity contribution in [2.24, 2.45) is 0 Å². The minimum Gasteiger partial charge on any atom is -0.493 e. The van der Waals surface area contributed by atoms with E-state index < -0.39 is 23.2 Å². The van der Waals surface area contributed by atoms with Crippen LogP contribution in [0.25, 0.3) is 10.9 Å². The second-order valence-corrected chi connectivity index (χ2v) is 12.1. The van der Waals surface area contributed by atoms with E-state index >= 15 is 0 Å². The molecule has 3 aromatic carbocycles. The molecule has 0 saturated carbocycles. The summed E-state index contributed by atoms with van der Waals surface area (Å²) in [5, 5.41) is 23.6. The molecule has 10 nitrogen and oxygen atoms in total. The summed E-state index contributed by atoms with van der Waals surface area (Å²) in [6.45, 7) is 1.77. The Balaban J connectivity index is 1.35. The van der Waals surface area contributed by atoms with Gasteiger partial charge >= 0.3 is 12.1 Å². The molecule has 0 amide bonds. The van der Waals surface area contributed by atoms with Crippen molar-refractivity contribution in [3.8, 4) is 11.5 Å². The lowest BCUT2D eigenvalue weighted by Crippen LogP contribution is -2.53. The number of nitro groups is 1. The van der Waals surface area contributed by atoms with Gasteiger partial charge in [0.15, 0.2) is 11.5 Å². The van der Waals surface area contributed by atoms with Crippen LogP contribution in [0.3, 0.4) is 0 Å². The van der Waals surface area contributed by atoms with Crippen LogP contribution >= 0.6 is 11.6 Å². The molecule has 1 aliphatic rings. The van der Waals surface area contributed by atoms with Crippen molar-refractivity contribution >= 4 is 34.2 Å². The van der Waals surface area contributed by atoms with Crippen LogP contribution in [0.2, 0.25) is 5.02 Å². The van der Waals surface area contributed by atoms with E-state index in [1.807, 2.05) is 0 Å². The lowest BCUT2D eigenvalue weighted by molar-refractivity contribution is -0.384. The SMILES string of the molecule is CCOC(=O)Cc1ccc(OC2CCN(CC(O)(c3cn(Cc4ccc(Cl)cc4)c4cc([N+](=O)[O-])ccc34)C(F)(F)F)CC2)c(OC)c1. The standard InChI is InChI=1S/C34H35ClF3N3O7/c1-3-47-32(42)17-23-6-11-30(31(16-23)46-2)48-26-12-14-39(15-13-26)21-33(43,34(36,37)38)28-20-40(19-22-4-7-24(35)8-5-22)29-18-25(41(44)45)9-10-27(28)29/h4-11,16,18,20,26,43H,3,12-15,17,19,21H2,1-2H3. The molecule has 1 fully saturated rings. The molecule has 1 atom stereocenters. The van der Waals surface area contributed by atoms with Gasteiger partial charge in [0.25, 0.3) is 5.69 Å². The predicted molar refractivity (Wildman–Crippen MR) is 173 cm³/mol. The number of nitrogens with zero attached hydrogens (tertiary/aromatic N) is 3. The largest absolute Gasteiger partial charge is 0.493 e. The number of hydrogen-bond acceptors (Lipinski definition) is 8. The first kappa shape index (κ1) is 35.0. The van der Waals surface area contributed by atoms with Gasteiger partial charge < -0.3 is 23.9 Å². The highest BCUT2D eigenvalue weighted by Gasteiger charge is 2.57. The van der Waals surface area contributed by atoms with E-state index in [1.165, 1.54) is 30.0 Å². The fraction of sp³-hybridized carbons (Fsp3) is 0.382. The van der Waals surface area contributed by atoms with Gasteiger partial charge in [-0.2, -0.15) is 13.2 Å². The van der Waals surface area contributed by atoms with E-state index in [0.717, 1.165) is 6.07 Å². The number of halogens is 4. The number of aromatic nitrogens is 1. The Morgan fingerprint density at radius 3 is 2.35 bits per heavy atom. The van der Waals surface area contributed by atoms with E-state index in [-0.39, 0.29) is 66.9 Å². The van der Waals surface area contributed by atoms with Crippen LogP contribution in [0.5, 0.6) is 11.5 Å². The summed E-state index contributed by atoms with van der Waals surface area (Å²) in [5.41, 5.74) is -2.38. The number of benzene rings is 3. The van der Waals surface area contributed by atoms with Crippen LogP contribution < -0.4 is 9.47 Å². The zero-order valence-electron chi connectivity index (χ0n) is 26.3. The normalized spacial score (nSPS) is 15.6. The number of hydrogen-bond donors (Lipinski definition) is 1. The fourth-order valence-electron chi connectivity index (χ4n) is 5.95. The summed E-state index contributed by atoms with van der Waals surface area (Å²) in [7, 11) is 1.47. The molecule has 1 unspecified atom stereocenters. The van der Waals surface area contributed by atoms with E-state index in [1.54, 1.807) is 54.3 Å². The fourth-order valence-corrected chi connectivity index (χ4v) is 6.08. The molecular weight excluding hydrogens is 655 g/mol. The maximum Gasteiger partial charge on any atom is 0.422 e. The number of nitro benzene ring substituents is 1. The smallest absolute Gasteiger partial charge is 0.422 e. The highest BCUT2D eigenvalue weighted by molar-refractivity contribution is 6.30. The van der Waals surface area contributed by atoms with Gasteiger partial charge in [0.05, 0.1) is 30.6 Å². The molecule has 0 aliphatic carbocycles. The Hall–Kier alpha value is -4.33. The maximum absolute atomic E-state index is 14.9. The number of esters is 1. The number of carbonyl (C=O) groups is 1. The maximum atomic E-state index is 14.9. The molecule has 1 aliphatic heterocycles. The van der Waals surface area contributed by atoms with Crippen molar-refractivity contribution in [3.05, 3.63) is 98.7 Å². The summed E-state index contributed by atoms with van der Waals surface area (Å²) >= 11 is 5.99. The van der Waals surface area contributed by atoms with E-state index in [9.17, 15) is 33.2 Å². The lowest BCUT2D eigenvalue weighted by atomic mass is 9.91. The van der Waals surface area contributed by atoms with Gasteiger partial charge in [0, 0.05) is 60.5 Å². The molecule has 14 heteroatoms. The van der Waals surface area contributed by atoms with Crippen molar-refractivity contribution in [1.82, 2.24) is 9.47 Å². The van der Waals surface area contributed by atoms with Gasteiger partial charge in [0.1, 0.15) is 6.10 Å². The number of non-ortho nitro benzene ring substituents is 1. The van der Waals surface area contributed by atoms with Crippen LogP contribution in [0.4, 0.5) is 18.9 Å². The summed E-state index contributed by atoms with van der Waals surface area (Å²) in [6.07, 6.45) is -3.34. The van der Waals surface area contributed by atoms with Gasteiger partial charge in [-0.1, -0.05) is 29.8 Å². The average molecular weight is 690 g/mol. The molecule has 0 spiro atoms. The molecule has 2 heterocycles. The summed E-state index contributed by atoms with van der Waals surface area (Å²) in [5.74, 6) is 0.491. The van der Waals surface area contributed by atoms with Gasteiger partial charge in [-0.15, -0.1) is 0 Å². The molecule has 1 saturated heterocycles. The quantitative estimate of drug-likeness (QED) is 0.0998. The third-order valence-electron chi connectivity index (χ3n) is 8.42. The zero-order chi connectivity index (χ0) is 34.6. The minimum absolute atomic E-state index is 0.0612. The first-order valence-corrected chi connectivity index (χ1v) is 15.7. The molecule has 256 valence electrons. The van der Waals surface area contributed by atoms with Gasteiger partial charge in [-0.3, -0.25) is 19.8 Å². The molecule has 0 bridgehead atoms. The number of fused-ring (bicyclic) bond motifs is 1. The van der Waals surface area contributed by atoms with E-state index in [0.29, 0.717) is 40.5 Å². The van der Waals surface area contributed by atoms with Gasteiger partial charge in [-0.05, 0) is 61.2 Å². The Labute approximate surface area is 279 Å². The van der Waals surface area contributed by atoms with Crippen molar-refractivity contribution in [2.45, 2.75) is 50.6 Å². The van der Waals surface area contributed by atoms with Crippen LogP contribution in [-0.4, -0.2) is 71.1 Å². The molecule has 5 rings (SSSR count). The third-order valence-corrected chi connectivity index (χ3v) is 8.67. The monoisotopic (exact) mass is 689 g/mol. The first-order valence-electron chi connectivity index (χ1n) is 15.3. The van der Waals surface area contributed by atoms with Crippen LogP contribution in [0.1, 0.15) is 36.5 Å². The second kappa shape index (κ2) is 14.4. The van der Waals surface area contributed by atoms with E-state index in [2.05, 4.69) is 0 Å². The highest BCUT2D eigenvalue weighted by Crippen LogP contribution is 2.44. The number of alkyl halides is 3. The van der Waals surface area contributed by atoms with Crippen molar-refractivity contribution < 1.29 is 42.2 Å². The number of β-amino-alcohol motifs (C(OH)–C–C–N with tert-alkyl or cyclic N) is 1. The molecule has 1 aromatic heterocycles. The molecule has 4 aromatic rings. The minimum atomic E-state index is -5.07. The van der Waals surface area contributed by atoms with Crippen LogP contribution in [0.15, 0.2) is 66.9 Å². The van der Waals surface area contributed by atoms with E-state index in [4.69, 9.17) is 25.8 Å². The third kappa shape index (κ3) is 7.69. The number of rotatable bonds is 12. The Bertz CT molecular complexity index is 1770. The number of methoxy groups -OCH3 is 1. The molecule has 48 heavy (non-hydrogen) atoms. The molecule has 1 N–H and O–H groups in total. The first-order chi connectivity index (χ1) is 22.8. The average Bonchev–Trinajstić information content (AvgIpc) is 3.41. The predicted octanol–water partition coefficient (Wildman–Crippen LogP) is 6.66. The summed E-state index contributed by atoms with van der Waals surface area (Å²) in [6, 6.07) is 15.4. The van der Waals surface area contributed by atoms with Crippen molar-refractivity contribution in [1.29, 1.82) is 0 Å². The topological polar surface area (TPSA) is 116 Å². The number of aliphatic hydroxyl groups is 1.